The number of aromatic nitrogens is 3. The maximum atomic E-state index is 12.1. The summed E-state index contributed by atoms with van der Waals surface area (Å²) in [6.07, 6.45) is 3.53. The highest BCUT2D eigenvalue weighted by Crippen LogP contribution is 2.14. The maximum absolute atomic E-state index is 12.1. The van der Waals surface area contributed by atoms with Crippen molar-refractivity contribution in [3.63, 3.8) is 0 Å². The van der Waals surface area contributed by atoms with Gasteiger partial charge in [0.1, 0.15) is 11.3 Å². The van der Waals surface area contributed by atoms with Crippen LogP contribution in [0.15, 0.2) is 21.7 Å². The Kier molecular flexibility index (Phi) is 3.46. The third-order valence-corrected chi connectivity index (χ3v) is 2.74. The van der Waals surface area contributed by atoms with Gasteiger partial charge in [-0.2, -0.15) is 0 Å². The molecule has 19 heavy (non-hydrogen) atoms. The van der Waals surface area contributed by atoms with Gasteiger partial charge in [0.2, 0.25) is 0 Å². The molecule has 2 aromatic heterocycles. The van der Waals surface area contributed by atoms with Crippen LogP contribution in [0.3, 0.4) is 0 Å². The van der Waals surface area contributed by atoms with E-state index in [0.29, 0.717) is 23.4 Å². The first kappa shape index (κ1) is 13.0. The summed E-state index contributed by atoms with van der Waals surface area (Å²) in [4.78, 5) is 27.8. The summed E-state index contributed by atoms with van der Waals surface area (Å²) in [6, 6.07) is 0. The highest BCUT2D eigenvalue weighted by atomic mass is 16.5. The standard InChI is InChI=1S/C12H14N4O3/c1-4-8-9(7(2)19-15-8)11(17)14-10-12(18)16(3)6-5-13-10/h5-6H,4H2,1-3H3,(H,13,14,17). The van der Waals surface area contributed by atoms with Gasteiger partial charge < -0.3 is 14.4 Å². The van der Waals surface area contributed by atoms with Crippen LogP contribution in [-0.2, 0) is 13.5 Å². The summed E-state index contributed by atoms with van der Waals surface area (Å²) in [7, 11) is 1.59. The molecule has 2 heterocycles. The Hall–Kier alpha value is -2.44. The van der Waals surface area contributed by atoms with Crippen molar-refractivity contribution in [2.75, 3.05) is 5.32 Å². The van der Waals surface area contributed by atoms with Gasteiger partial charge in [0.25, 0.3) is 11.5 Å². The van der Waals surface area contributed by atoms with Crippen molar-refractivity contribution in [2.24, 2.45) is 7.05 Å². The molecule has 0 aliphatic rings. The predicted molar refractivity (Wildman–Crippen MR) is 68.0 cm³/mol. The summed E-state index contributed by atoms with van der Waals surface area (Å²) in [5.74, 6) is -0.0360. The van der Waals surface area contributed by atoms with E-state index in [1.807, 2.05) is 6.92 Å². The number of hydrogen-bond donors (Lipinski definition) is 1. The molecule has 1 N–H and O–H groups in total. The third kappa shape index (κ3) is 2.40. The van der Waals surface area contributed by atoms with Gasteiger partial charge in [0.15, 0.2) is 5.82 Å². The minimum atomic E-state index is -0.439. The largest absolute Gasteiger partial charge is 0.361 e. The minimum Gasteiger partial charge on any atom is -0.361 e. The predicted octanol–water partition coefficient (Wildman–Crippen LogP) is 0.891. The van der Waals surface area contributed by atoms with Crippen LogP contribution in [0.5, 0.6) is 0 Å². The Morgan fingerprint density at radius 1 is 1.53 bits per heavy atom. The molecule has 0 aliphatic carbocycles. The third-order valence-electron chi connectivity index (χ3n) is 2.74. The highest BCUT2D eigenvalue weighted by Gasteiger charge is 2.20. The van der Waals surface area contributed by atoms with Crippen molar-refractivity contribution in [1.82, 2.24) is 14.7 Å². The number of rotatable bonds is 3. The average Bonchev–Trinajstić information content (AvgIpc) is 2.76. The number of anilines is 1. The molecule has 0 unspecified atom stereocenters. The van der Waals surface area contributed by atoms with E-state index in [1.54, 1.807) is 14.0 Å². The van der Waals surface area contributed by atoms with Crippen molar-refractivity contribution in [3.05, 3.63) is 39.8 Å². The van der Waals surface area contributed by atoms with Gasteiger partial charge >= 0.3 is 0 Å². The molecular formula is C12H14N4O3. The first-order valence-corrected chi connectivity index (χ1v) is 5.82. The van der Waals surface area contributed by atoms with Crippen LogP contribution in [0.25, 0.3) is 0 Å². The quantitative estimate of drug-likeness (QED) is 0.887. The van der Waals surface area contributed by atoms with Crippen molar-refractivity contribution >= 4 is 11.7 Å². The average molecular weight is 262 g/mol. The Bertz CT molecular complexity index is 672. The van der Waals surface area contributed by atoms with Gasteiger partial charge in [0, 0.05) is 19.4 Å². The van der Waals surface area contributed by atoms with Crippen molar-refractivity contribution in [1.29, 1.82) is 0 Å². The van der Waals surface area contributed by atoms with Gasteiger partial charge in [-0.05, 0) is 13.3 Å². The lowest BCUT2D eigenvalue weighted by Crippen LogP contribution is -2.25. The molecule has 2 rings (SSSR count). The number of carbonyl (C=O) groups excluding carboxylic acids is 1. The molecule has 7 nitrogen and oxygen atoms in total. The monoisotopic (exact) mass is 262 g/mol. The molecule has 0 saturated heterocycles. The molecule has 2 aromatic rings. The second kappa shape index (κ2) is 5.05. The van der Waals surface area contributed by atoms with Crippen molar-refractivity contribution in [2.45, 2.75) is 20.3 Å². The van der Waals surface area contributed by atoms with Crippen LogP contribution >= 0.6 is 0 Å². The zero-order chi connectivity index (χ0) is 14.0. The van der Waals surface area contributed by atoms with E-state index in [9.17, 15) is 9.59 Å². The van der Waals surface area contributed by atoms with E-state index < -0.39 is 5.91 Å². The van der Waals surface area contributed by atoms with Crippen LogP contribution in [0.2, 0.25) is 0 Å². The summed E-state index contributed by atoms with van der Waals surface area (Å²) in [5.41, 5.74) is 0.543. The van der Waals surface area contributed by atoms with E-state index in [4.69, 9.17) is 4.52 Å². The Morgan fingerprint density at radius 3 is 2.95 bits per heavy atom. The van der Waals surface area contributed by atoms with E-state index in [1.165, 1.54) is 17.0 Å². The van der Waals surface area contributed by atoms with Gasteiger partial charge in [-0.25, -0.2) is 4.98 Å². The van der Waals surface area contributed by atoms with Crippen LogP contribution < -0.4 is 10.9 Å². The maximum Gasteiger partial charge on any atom is 0.293 e. The topological polar surface area (TPSA) is 90.0 Å². The number of aryl methyl sites for hydroxylation is 3. The van der Waals surface area contributed by atoms with Gasteiger partial charge in [-0.1, -0.05) is 12.1 Å². The zero-order valence-electron chi connectivity index (χ0n) is 10.9. The summed E-state index contributed by atoms with van der Waals surface area (Å²) in [6.45, 7) is 3.52. The lowest BCUT2D eigenvalue weighted by Gasteiger charge is -2.04. The van der Waals surface area contributed by atoms with Crippen LogP contribution in [0, 0.1) is 6.92 Å². The highest BCUT2D eigenvalue weighted by molar-refractivity contribution is 6.05. The molecule has 0 bridgehead atoms. The molecule has 1 amide bonds. The van der Waals surface area contributed by atoms with Crippen molar-refractivity contribution in [3.8, 4) is 0 Å². The smallest absolute Gasteiger partial charge is 0.293 e. The molecule has 0 radical (unpaired) electrons. The Labute approximate surface area is 109 Å². The lowest BCUT2D eigenvalue weighted by atomic mass is 10.1. The zero-order valence-corrected chi connectivity index (χ0v) is 10.9. The molecule has 7 heteroatoms. The number of hydrogen-bond acceptors (Lipinski definition) is 5. The summed E-state index contributed by atoms with van der Waals surface area (Å²) < 4.78 is 6.32. The first-order chi connectivity index (χ1) is 9.04. The molecule has 100 valence electrons. The Balaban J connectivity index is 2.34. The number of amides is 1. The first-order valence-electron chi connectivity index (χ1n) is 5.82. The molecule has 0 aromatic carbocycles. The van der Waals surface area contributed by atoms with Gasteiger partial charge in [0.05, 0.1) is 5.69 Å². The fourth-order valence-electron chi connectivity index (χ4n) is 1.70. The van der Waals surface area contributed by atoms with E-state index in [0.717, 1.165) is 0 Å². The van der Waals surface area contributed by atoms with Crippen LogP contribution in [0.4, 0.5) is 5.82 Å². The summed E-state index contributed by atoms with van der Waals surface area (Å²) in [5, 5.41) is 6.28. The van der Waals surface area contributed by atoms with E-state index >= 15 is 0 Å². The fourth-order valence-corrected chi connectivity index (χ4v) is 1.70. The minimum absolute atomic E-state index is 0.0161. The van der Waals surface area contributed by atoms with E-state index in [-0.39, 0.29) is 11.4 Å². The Morgan fingerprint density at radius 2 is 2.26 bits per heavy atom. The molecule has 0 fully saturated rings. The normalized spacial score (nSPS) is 10.5. The second-order valence-corrected chi connectivity index (χ2v) is 4.06. The van der Waals surface area contributed by atoms with Gasteiger partial charge in [-0.3, -0.25) is 9.59 Å². The second-order valence-electron chi connectivity index (χ2n) is 4.06. The fraction of sp³-hybridized carbons (Fsp3) is 0.333. The van der Waals surface area contributed by atoms with Crippen LogP contribution in [-0.4, -0.2) is 20.6 Å². The van der Waals surface area contributed by atoms with E-state index in [2.05, 4.69) is 15.5 Å². The number of carbonyl (C=O) groups is 1. The molecule has 0 aliphatic heterocycles. The molecule has 0 atom stereocenters. The summed E-state index contributed by atoms with van der Waals surface area (Å²) >= 11 is 0. The molecular weight excluding hydrogens is 248 g/mol. The molecule has 0 spiro atoms. The number of nitrogens with one attached hydrogen (secondary N) is 1. The van der Waals surface area contributed by atoms with Crippen molar-refractivity contribution < 1.29 is 9.32 Å². The molecule has 0 saturated carbocycles. The van der Waals surface area contributed by atoms with Crippen LogP contribution in [0.1, 0.15) is 28.7 Å². The number of nitrogens with zero attached hydrogens (tertiary/aromatic N) is 3. The van der Waals surface area contributed by atoms with Gasteiger partial charge in [-0.15, -0.1) is 0 Å². The lowest BCUT2D eigenvalue weighted by molar-refractivity contribution is 0.102. The SMILES string of the molecule is CCc1noc(C)c1C(=O)Nc1nccn(C)c1=O.